The second-order valence-electron chi connectivity index (χ2n) is 5.16. The van der Waals surface area contributed by atoms with Gasteiger partial charge in [-0.25, -0.2) is 0 Å². The summed E-state index contributed by atoms with van der Waals surface area (Å²) in [5.41, 5.74) is 0.704. The third kappa shape index (κ3) is 3.10. The van der Waals surface area contributed by atoms with Gasteiger partial charge in [-0.05, 0) is 34.6 Å². The summed E-state index contributed by atoms with van der Waals surface area (Å²) in [6.45, 7) is 9.28. The smallest absolute Gasteiger partial charge is 0.331 e. The molecule has 0 aliphatic carbocycles. The summed E-state index contributed by atoms with van der Waals surface area (Å²) in [6, 6.07) is 8.00. The second-order valence-corrected chi connectivity index (χ2v) is 5.16. The first-order chi connectivity index (χ1) is 7.24. The van der Waals surface area contributed by atoms with Gasteiger partial charge in [0.1, 0.15) is 0 Å². The summed E-state index contributed by atoms with van der Waals surface area (Å²) in [7, 11) is 1.72. The van der Waals surface area contributed by atoms with Gasteiger partial charge in [0.05, 0.1) is 11.2 Å². The normalized spacial score (nSPS) is 12.6. The van der Waals surface area contributed by atoms with Crippen molar-refractivity contribution < 1.29 is 9.76 Å². The molecule has 1 aromatic carbocycles. The molecule has 0 saturated carbocycles. The van der Waals surface area contributed by atoms with Gasteiger partial charge in [-0.1, -0.05) is 35.3 Å². The maximum Gasteiger partial charge on any atom is 0.331 e. The van der Waals surface area contributed by atoms with Crippen LogP contribution in [0.5, 0.6) is 0 Å². The van der Waals surface area contributed by atoms with Gasteiger partial charge in [-0.15, -0.1) is 0 Å². The maximum atomic E-state index is 9.95. The number of benzene rings is 1. The van der Waals surface area contributed by atoms with Crippen LogP contribution in [0.3, 0.4) is 0 Å². The quantitative estimate of drug-likeness (QED) is 0.782. The maximum absolute atomic E-state index is 9.95. The van der Waals surface area contributed by atoms with Gasteiger partial charge in [-0.2, -0.15) is 0 Å². The Morgan fingerprint density at radius 1 is 1.12 bits per heavy atom. The Morgan fingerprint density at radius 2 is 1.69 bits per heavy atom. The van der Waals surface area contributed by atoms with Crippen LogP contribution in [0.2, 0.25) is 0 Å². The molecule has 0 spiro atoms. The number of rotatable bonds is 4. The first-order valence-corrected chi connectivity index (χ1v) is 5.53. The van der Waals surface area contributed by atoms with Crippen LogP contribution in [-0.2, 0) is 4.65 Å². The van der Waals surface area contributed by atoms with Crippen LogP contribution in [0.1, 0.15) is 33.3 Å². The number of hydrogen-bond acceptors (Lipinski definition) is 2. The Bertz CT molecular complexity index is 353. The minimum Gasteiger partial charge on any atom is -0.427 e. The van der Waals surface area contributed by atoms with E-state index in [1.165, 1.54) is 0 Å². The van der Waals surface area contributed by atoms with E-state index >= 15 is 0 Å². The fourth-order valence-electron chi connectivity index (χ4n) is 1.07. The van der Waals surface area contributed by atoms with Crippen molar-refractivity contribution in [3.63, 3.8) is 0 Å². The molecular formula is C13H20BO2. The van der Waals surface area contributed by atoms with Gasteiger partial charge >= 0.3 is 7.48 Å². The zero-order valence-corrected chi connectivity index (χ0v) is 10.7. The molecule has 0 saturated heterocycles. The molecule has 0 heterocycles. The predicted octanol–water partition coefficient (Wildman–Crippen LogP) is 1.81. The minimum absolute atomic E-state index is 0.616. The van der Waals surface area contributed by atoms with Crippen LogP contribution in [0.4, 0.5) is 0 Å². The van der Waals surface area contributed by atoms with Crippen LogP contribution in [-0.4, -0.2) is 23.8 Å². The van der Waals surface area contributed by atoms with Crippen LogP contribution in [0.25, 0.3) is 0 Å². The summed E-state index contributed by atoms with van der Waals surface area (Å²) < 4.78 is 5.69. The van der Waals surface area contributed by atoms with Crippen molar-refractivity contribution in [2.45, 2.75) is 45.8 Å². The first kappa shape index (κ1) is 13.3. The van der Waals surface area contributed by atoms with Crippen molar-refractivity contribution in [2.75, 3.05) is 0 Å². The third-order valence-electron chi connectivity index (χ3n) is 3.14. The van der Waals surface area contributed by atoms with E-state index in [-0.39, 0.29) is 0 Å². The highest BCUT2D eigenvalue weighted by molar-refractivity contribution is 6.47. The van der Waals surface area contributed by atoms with Crippen LogP contribution >= 0.6 is 0 Å². The Hall–Kier alpha value is -0.795. The lowest BCUT2D eigenvalue weighted by Crippen LogP contribution is -2.49. The molecule has 0 fully saturated rings. The van der Waals surface area contributed by atoms with E-state index < -0.39 is 11.2 Å². The molecule has 0 amide bonds. The Labute approximate surface area is 98.9 Å². The number of hydrogen-bond donors (Lipinski definition) is 1. The summed E-state index contributed by atoms with van der Waals surface area (Å²) >= 11 is 0. The van der Waals surface area contributed by atoms with E-state index in [0.717, 1.165) is 11.0 Å². The Morgan fingerprint density at radius 3 is 2.19 bits per heavy atom. The van der Waals surface area contributed by atoms with Gasteiger partial charge in [0.25, 0.3) is 0 Å². The summed E-state index contributed by atoms with van der Waals surface area (Å²) in [5, 5.41) is 9.95. The van der Waals surface area contributed by atoms with Crippen molar-refractivity contribution in [3.8, 4) is 0 Å². The monoisotopic (exact) mass is 219 g/mol. The summed E-state index contributed by atoms with van der Waals surface area (Å²) in [4.78, 5) is 0. The van der Waals surface area contributed by atoms with Crippen LogP contribution in [0.15, 0.2) is 24.3 Å². The molecule has 2 nitrogen and oxygen atoms in total. The molecule has 3 heteroatoms. The molecule has 0 aliphatic rings. The van der Waals surface area contributed by atoms with E-state index in [1.807, 2.05) is 45.0 Å². The van der Waals surface area contributed by atoms with Gasteiger partial charge < -0.3 is 9.76 Å². The largest absolute Gasteiger partial charge is 0.427 e. The average Bonchev–Trinajstić information content (AvgIpc) is 2.15. The summed E-state index contributed by atoms with van der Waals surface area (Å²) in [6.07, 6.45) is 0. The molecule has 0 atom stereocenters. The number of aliphatic hydroxyl groups is 1. The summed E-state index contributed by atoms with van der Waals surface area (Å²) in [5.74, 6) is 0. The zero-order chi connectivity index (χ0) is 12.4. The van der Waals surface area contributed by atoms with Gasteiger partial charge in [0.15, 0.2) is 0 Å². The standard InChI is InChI=1S/C13H20BO2/c1-10-8-6-7-9-11(10)14-16-13(4,5)12(2,3)15/h6-9,15H,1-5H3. The fourth-order valence-corrected chi connectivity index (χ4v) is 1.07. The third-order valence-corrected chi connectivity index (χ3v) is 3.14. The van der Waals surface area contributed by atoms with Crippen molar-refractivity contribution in [1.29, 1.82) is 0 Å². The molecule has 1 rings (SSSR count). The highest BCUT2D eigenvalue weighted by atomic mass is 16.5. The van der Waals surface area contributed by atoms with Crippen molar-refractivity contribution in [1.82, 2.24) is 0 Å². The van der Waals surface area contributed by atoms with Crippen molar-refractivity contribution in [3.05, 3.63) is 29.8 Å². The van der Waals surface area contributed by atoms with E-state index in [9.17, 15) is 5.11 Å². The molecule has 87 valence electrons. The molecule has 1 N–H and O–H groups in total. The lowest BCUT2D eigenvalue weighted by atomic mass is 9.80. The van der Waals surface area contributed by atoms with Gasteiger partial charge in [0.2, 0.25) is 0 Å². The fraction of sp³-hybridized carbons (Fsp3) is 0.538. The Balaban J connectivity index is 2.69. The van der Waals surface area contributed by atoms with Crippen molar-refractivity contribution in [2.24, 2.45) is 0 Å². The molecule has 16 heavy (non-hydrogen) atoms. The van der Waals surface area contributed by atoms with E-state index in [0.29, 0.717) is 0 Å². The Kier molecular flexibility index (Phi) is 3.82. The lowest BCUT2D eigenvalue weighted by molar-refractivity contribution is -0.0893. The number of aryl methyl sites for hydroxylation is 1. The minimum atomic E-state index is -0.883. The second kappa shape index (κ2) is 4.60. The first-order valence-electron chi connectivity index (χ1n) is 5.53. The van der Waals surface area contributed by atoms with Gasteiger partial charge in [-0.3, -0.25) is 0 Å². The van der Waals surface area contributed by atoms with Crippen LogP contribution in [0, 0.1) is 6.92 Å². The predicted molar refractivity (Wildman–Crippen MR) is 68.0 cm³/mol. The molecule has 0 aliphatic heterocycles. The van der Waals surface area contributed by atoms with E-state index in [2.05, 4.69) is 0 Å². The lowest BCUT2D eigenvalue weighted by Gasteiger charge is -2.37. The molecule has 0 unspecified atom stereocenters. The molecule has 1 aromatic rings. The average molecular weight is 219 g/mol. The molecule has 0 aromatic heterocycles. The van der Waals surface area contributed by atoms with Crippen molar-refractivity contribution >= 4 is 12.9 Å². The van der Waals surface area contributed by atoms with E-state index in [1.54, 1.807) is 21.3 Å². The zero-order valence-electron chi connectivity index (χ0n) is 10.7. The highest BCUT2D eigenvalue weighted by Crippen LogP contribution is 2.24. The van der Waals surface area contributed by atoms with Crippen LogP contribution < -0.4 is 5.46 Å². The SMILES string of the molecule is Cc1ccccc1[B]OC(C)(C)C(C)(C)O. The molecular weight excluding hydrogens is 199 g/mol. The highest BCUT2D eigenvalue weighted by Gasteiger charge is 2.35. The molecule has 0 bridgehead atoms. The molecule has 1 radical (unpaired) electrons. The van der Waals surface area contributed by atoms with Gasteiger partial charge in [0, 0.05) is 0 Å². The topological polar surface area (TPSA) is 29.5 Å². The van der Waals surface area contributed by atoms with E-state index in [4.69, 9.17) is 4.65 Å².